The molecule has 0 saturated carbocycles. The monoisotopic (exact) mass is 410 g/mol. The first-order chi connectivity index (χ1) is 15.1. The molecule has 8 heteroatoms. The molecule has 0 aliphatic carbocycles. The second-order valence-corrected chi connectivity index (χ2v) is 7.47. The van der Waals surface area contributed by atoms with Gasteiger partial charge in [-0.1, -0.05) is 6.07 Å². The highest BCUT2D eigenvalue weighted by molar-refractivity contribution is 5.84. The fourth-order valence-corrected chi connectivity index (χ4v) is 3.65. The normalized spacial score (nSPS) is 11.3. The van der Waals surface area contributed by atoms with Crippen LogP contribution in [0.2, 0.25) is 0 Å². The summed E-state index contributed by atoms with van der Waals surface area (Å²) in [5, 5.41) is 7.36. The van der Waals surface area contributed by atoms with E-state index in [1.165, 1.54) is 0 Å². The summed E-state index contributed by atoms with van der Waals surface area (Å²) in [6.07, 6.45) is 4.40. The third-order valence-corrected chi connectivity index (χ3v) is 5.22. The largest absolute Gasteiger partial charge is 0.342 e. The van der Waals surface area contributed by atoms with Gasteiger partial charge in [0.05, 0.1) is 28.1 Å². The second-order valence-electron chi connectivity index (χ2n) is 7.47. The highest BCUT2D eigenvalue weighted by Crippen LogP contribution is 2.29. The highest BCUT2D eigenvalue weighted by atomic mass is 15.1. The van der Waals surface area contributed by atoms with Crippen LogP contribution in [-0.4, -0.2) is 41.7 Å². The Morgan fingerprint density at radius 3 is 2.71 bits per heavy atom. The minimum atomic E-state index is 0.564. The van der Waals surface area contributed by atoms with Gasteiger partial charge in [0.2, 0.25) is 0 Å². The molecule has 0 saturated heterocycles. The lowest BCUT2D eigenvalue weighted by atomic mass is 10.1. The van der Waals surface area contributed by atoms with Crippen LogP contribution in [0.4, 0.5) is 0 Å². The van der Waals surface area contributed by atoms with Crippen molar-refractivity contribution in [2.24, 2.45) is 5.73 Å². The standard InChI is InChI=1S/C23H22N8/c1-13-4-3-5-20(27-13)22-16(12-26-31-22)18-6-7-19-21(29-18)10-15(11-25-19)23-28-14(2)17(30-23)8-9-24/h3-7,10-12H,8-9,24H2,1-2H3,(H,26,31)(H,28,30). The average Bonchev–Trinajstić information content (AvgIpc) is 3.41. The Hall–Kier alpha value is -3.91. The first-order valence-corrected chi connectivity index (χ1v) is 10.1. The summed E-state index contributed by atoms with van der Waals surface area (Å²) in [7, 11) is 0. The molecule has 0 aliphatic rings. The van der Waals surface area contributed by atoms with Crippen molar-refractivity contribution in [3.8, 4) is 34.0 Å². The van der Waals surface area contributed by atoms with Crippen LogP contribution in [0.3, 0.4) is 0 Å². The Bertz CT molecular complexity index is 1380. The van der Waals surface area contributed by atoms with Crippen molar-refractivity contribution in [3.63, 3.8) is 0 Å². The molecule has 5 aromatic rings. The van der Waals surface area contributed by atoms with Crippen molar-refractivity contribution in [2.75, 3.05) is 6.54 Å². The van der Waals surface area contributed by atoms with Crippen molar-refractivity contribution in [1.82, 2.24) is 35.1 Å². The number of H-pyrrole nitrogens is 2. The summed E-state index contributed by atoms with van der Waals surface area (Å²) < 4.78 is 0. The van der Waals surface area contributed by atoms with Gasteiger partial charge in [0, 0.05) is 41.3 Å². The molecule has 31 heavy (non-hydrogen) atoms. The first-order valence-electron chi connectivity index (χ1n) is 10.1. The maximum absolute atomic E-state index is 5.69. The van der Waals surface area contributed by atoms with E-state index in [2.05, 4.69) is 30.1 Å². The quantitative estimate of drug-likeness (QED) is 0.407. The zero-order valence-corrected chi connectivity index (χ0v) is 17.3. The van der Waals surface area contributed by atoms with Crippen LogP contribution >= 0.6 is 0 Å². The summed E-state index contributed by atoms with van der Waals surface area (Å²) in [4.78, 5) is 22.1. The molecule has 0 bridgehead atoms. The number of aryl methyl sites for hydroxylation is 2. The Morgan fingerprint density at radius 1 is 0.968 bits per heavy atom. The molecular formula is C23H22N8. The first kappa shape index (κ1) is 19.1. The van der Waals surface area contributed by atoms with Gasteiger partial charge in [0.1, 0.15) is 11.5 Å². The van der Waals surface area contributed by atoms with E-state index in [9.17, 15) is 0 Å². The molecule has 0 radical (unpaired) electrons. The number of aromatic nitrogens is 7. The number of rotatable bonds is 5. The number of pyridine rings is 3. The van der Waals surface area contributed by atoms with E-state index in [-0.39, 0.29) is 0 Å². The predicted octanol–water partition coefficient (Wildman–Crippen LogP) is 3.59. The Morgan fingerprint density at radius 2 is 1.87 bits per heavy atom. The van der Waals surface area contributed by atoms with Crippen molar-refractivity contribution in [2.45, 2.75) is 20.3 Å². The summed E-state index contributed by atoms with van der Waals surface area (Å²) >= 11 is 0. The molecule has 0 spiro atoms. The van der Waals surface area contributed by atoms with Crippen molar-refractivity contribution < 1.29 is 0 Å². The van der Waals surface area contributed by atoms with Gasteiger partial charge in [-0.25, -0.2) is 9.97 Å². The van der Waals surface area contributed by atoms with Crippen molar-refractivity contribution in [1.29, 1.82) is 0 Å². The van der Waals surface area contributed by atoms with E-state index in [0.717, 1.165) is 68.6 Å². The summed E-state index contributed by atoms with van der Waals surface area (Å²) in [5.41, 5.74) is 14.4. The van der Waals surface area contributed by atoms with Crippen LogP contribution < -0.4 is 5.73 Å². The van der Waals surface area contributed by atoms with Crippen molar-refractivity contribution in [3.05, 3.63) is 65.9 Å². The van der Waals surface area contributed by atoms with Gasteiger partial charge in [0.15, 0.2) is 0 Å². The van der Waals surface area contributed by atoms with Gasteiger partial charge in [-0.15, -0.1) is 0 Å². The molecular weight excluding hydrogens is 388 g/mol. The third-order valence-electron chi connectivity index (χ3n) is 5.22. The van der Waals surface area contributed by atoms with Crippen LogP contribution in [0.25, 0.3) is 45.1 Å². The Kier molecular flexibility index (Phi) is 4.76. The number of hydrogen-bond donors (Lipinski definition) is 3. The van der Waals surface area contributed by atoms with E-state index >= 15 is 0 Å². The van der Waals surface area contributed by atoms with E-state index in [1.807, 2.05) is 62.6 Å². The van der Waals surface area contributed by atoms with Gasteiger partial charge in [-0.05, 0) is 50.7 Å². The fraction of sp³-hybridized carbons (Fsp3) is 0.174. The molecule has 0 fully saturated rings. The minimum Gasteiger partial charge on any atom is -0.342 e. The molecule has 5 heterocycles. The molecule has 0 unspecified atom stereocenters. The van der Waals surface area contributed by atoms with Gasteiger partial charge in [0.25, 0.3) is 0 Å². The number of imidazole rings is 1. The molecule has 0 aromatic carbocycles. The molecule has 154 valence electrons. The number of aromatic amines is 2. The van der Waals surface area contributed by atoms with Gasteiger partial charge < -0.3 is 10.7 Å². The van der Waals surface area contributed by atoms with E-state index in [1.54, 1.807) is 0 Å². The van der Waals surface area contributed by atoms with Crippen LogP contribution in [-0.2, 0) is 6.42 Å². The summed E-state index contributed by atoms with van der Waals surface area (Å²) in [6.45, 7) is 4.54. The average molecular weight is 410 g/mol. The number of hydrogen-bond acceptors (Lipinski definition) is 6. The van der Waals surface area contributed by atoms with E-state index in [0.29, 0.717) is 6.54 Å². The second kappa shape index (κ2) is 7.73. The maximum atomic E-state index is 5.69. The van der Waals surface area contributed by atoms with E-state index < -0.39 is 0 Å². The van der Waals surface area contributed by atoms with Gasteiger partial charge in [-0.3, -0.25) is 15.1 Å². The smallest absolute Gasteiger partial charge is 0.139 e. The third kappa shape index (κ3) is 3.57. The Balaban J connectivity index is 1.57. The maximum Gasteiger partial charge on any atom is 0.139 e. The van der Waals surface area contributed by atoms with Crippen LogP contribution in [0.1, 0.15) is 17.1 Å². The molecule has 0 amide bonds. The summed E-state index contributed by atoms with van der Waals surface area (Å²) in [5.74, 6) is 0.774. The zero-order chi connectivity index (χ0) is 21.4. The molecule has 0 aliphatic heterocycles. The molecule has 4 N–H and O–H groups in total. The Labute approximate surface area is 179 Å². The van der Waals surface area contributed by atoms with Crippen LogP contribution in [0.5, 0.6) is 0 Å². The topological polar surface area (TPSA) is 122 Å². The van der Waals surface area contributed by atoms with E-state index in [4.69, 9.17) is 10.7 Å². The number of nitrogens with one attached hydrogen (secondary N) is 2. The van der Waals surface area contributed by atoms with Gasteiger partial charge >= 0.3 is 0 Å². The van der Waals surface area contributed by atoms with Crippen LogP contribution in [0, 0.1) is 13.8 Å². The highest BCUT2D eigenvalue weighted by Gasteiger charge is 2.15. The molecule has 0 atom stereocenters. The molecule has 5 rings (SSSR count). The predicted molar refractivity (Wildman–Crippen MR) is 120 cm³/mol. The fourth-order valence-electron chi connectivity index (χ4n) is 3.65. The SMILES string of the molecule is Cc1cccc(-c2n[nH]cc2-c2ccc3ncc(-c4nc(CCN)c(C)[nH]4)cc3n2)n1. The lowest BCUT2D eigenvalue weighted by molar-refractivity contribution is 0.924. The number of nitrogens with zero attached hydrogens (tertiary/aromatic N) is 5. The van der Waals surface area contributed by atoms with Crippen LogP contribution in [0.15, 0.2) is 48.8 Å². The number of nitrogens with two attached hydrogens (primary N) is 1. The minimum absolute atomic E-state index is 0.564. The summed E-state index contributed by atoms with van der Waals surface area (Å²) in [6, 6.07) is 11.8. The molecule has 5 aromatic heterocycles. The van der Waals surface area contributed by atoms with Crippen molar-refractivity contribution >= 4 is 11.0 Å². The number of fused-ring (bicyclic) bond motifs is 1. The lowest BCUT2D eigenvalue weighted by Gasteiger charge is -2.05. The van der Waals surface area contributed by atoms with Gasteiger partial charge in [-0.2, -0.15) is 5.10 Å². The zero-order valence-electron chi connectivity index (χ0n) is 17.3. The molecule has 8 nitrogen and oxygen atoms in total. The lowest BCUT2D eigenvalue weighted by Crippen LogP contribution is -2.03.